The maximum Gasteiger partial charge on any atom is 0.303 e. The average Bonchev–Trinajstić information content (AvgIpc) is 2.77. The van der Waals surface area contributed by atoms with Crippen molar-refractivity contribution in [3.63, 3.8) is 0 Å². The topological polar surface area (TPSA) is 63.6 Å². The summed E-state index contributed by atoms with van der Waals surface area (Å²) in [4.78, 5) is 22.9. The maximum atomic E-state index is 11.9. The maximum absolute atomic E-state index is 11.9. The number of carboxylic acids is 1. The number of methoxy groups -OCH3 is 1. The number of hydrogen-bond acceptors (Lipinski definition) is 4. The third kappa shape index (κ3) is 2.93. The van der Waals surface area contributed by atoms with Gasteiger partial charge in [-0.2, -0.15) is 0 Å². The second-order valence-electron chi connectivity index (χ2n) is 4.29. The third-order valence-corrected chi connectivity index (χ3v) is 4.01. The minimum atomic E-state index is -0.952. The van der Waals surface area contributed by atoms with Crippen LogP contribution >= 0.6 is 11.3 Å². The van der Waals surface area contributed by atoms with Gasteiger partial charge in [0.2, 0.25) is 0 Å². The Morgan fingerprint density at radius 2 is 2.00 bits per heavy atom. The molecule has 1 aromatic carbocycles. The molecule has 0 fully saturated rings. The summed E-state index contributed by atoms with van der Waals surface area (Å²) >= 11 is 1.39. The first-order valence-corrected chi connectivity index (χ1v) is 6.66. The normalized spacial score (nSPS) is 10.6. The predicted molar refractivity (Wildman–Crippen MR) is 74.3 cm³/mol. The lowest BCUT2D eigenvalue weighted by atomic mass is 10.1. The summed E-state index contributed by atoms with van der Waals surface area (Å²) in [6, 6.07) is 5.67. The van der Waals surface area contributed by atoms with E-state index in [0.717, 1.165) is 21.4 Å². The highest BCUT2D eigenvalue weighted by Crippen LogP contribution is 2.32. The molecule has 0 atom stereocenters. The Morgan fingerprint density at radius 3 is 2.63 bits per heavy atom. The van der Waals surface area contributed by atoms with Crippen LogP contribution in [0, 0.1) is 6.92 Å². The van der Waals surface area contributed by atoms with E-state index in [1.54, 1.807) is 13.2 Å². The van der Waals surface area contributed by atoms with Crippen LogP contribution in [0.2, 0.25) is 0 Å². The van der Waals surface area contributed by atoms with Crippen LogP contribution in [-0.4, -0.2) is 24.0 Å². The quantitative estimate of drug-likeness (QED) is 0.853. The molecule has 0 saturated heterocycles. The van der Waals surface area contributed by atoms with Crippen molar-refractivity contribution >= 4 is 33.2 Å². The third-order valence-electron chi connectivity index (χ3n) is 2.87. The van der Waals surface area contributed by atoms with Crippen LogP contribution in [0.4, 0.5) is 0 Å². The van der Waals surface area contributed by atoms with Crippen LogP contribution < -0.4 is 4.74 Å². The van der Waals surface area contributed by atoms with Crippen molar-refractivity contribution in [3.05, 3.63) is 28.6 Å². The number of fused-ring (bicyclic) bond motifs is 1. The highest BCUT2D eigenvalue weighted by molar-refractivity contribution is 7.20. The van der Waals surface area contributed by atoms with Gasteiger partial charge in [0.1, 0.15) is 5.75 Å². The van der Waals surface area contributed by atoms with E-state index in [1.165, 1.54) is 11.3 Å². The molecular weight excluding hydrogens is 264 g/mol. The average molecular weight is 278 g/mol. The van der Waals surface area contributed by atoms with Gasteiger partial charge in [-0.25, -0.2) is 0 Å². The van der Waals surface area contributed by atoms with Crippen molar-refractivity contribution in [1.29, 1.82) is 0 Å². The zero-order chi connectivity index (χ0) is 14.0. The van der Waals surface area contributed by atoms with E-state index >= 15 is 0 Å². The molecule has 19 heavy (non-hydrogen) atoms. The molecule has 1 heterocycles. The number of benzene rings is 1. The molecule has 0 aliphatic carbocycles. The summed E-state index contributed by atoms with van der Waals surface area (Å²) in [5.41, 5.74) is 1.02. The van der Waals surface area contributed by atoms with Crippen LogP contribution in [0.25, 0.3) is 10.1 Å². The van der Waals surface area contributed by atoms with Crippen LogP contribution in [0.3, 0.4) is 0 Å². The van der Waals surface area contributed by atoms with Crippen LogP contribution in [-0.2, 0) is 4.79 Å². The molecule has 0 unspecified atom stereocenters. The van der Waals surface area contributed by atoms with Gasteiger partial charge in [-0.3, -0.25) is 9.59 Å². The molecule has 0 spiro atoms. The molecule has 1 aromatic heterocycles. The van der Waals surface area contributed by atoms with Crippen molar-refractivity contribution in [3.8, 4) is 5.75 Å². The van der Waals surface area contributed by atoms with Crippen LogP contribution in [0.15, 0.2) is 18.2 Å². The number of carbonyl (C=O) groups excluding carboxylic acids is 1. The molecule has 0 bridgehead atoms. The summed E-state index contributed by atoms with van der Waals surface area (Å²) in [7, 11) is 1.61. The van der Waals surface area contributed by atoms with E-state index in [4.69, 9.17) is 9.84 Å². The number of carboxylic acid groups (broad SMARTS) is 1. The molecule has 100 valence electrons. The van der Waals surface area contributed by atoms with E-state index in [-0.39, 0.29) is 18.6 Å². The van der Waals surface area contributed by atoms with Gasteiger partial charge < -0.3 is 9.84 Å². The van der Waals surface area contributed by atoms with E-state index in [9.17, 15) is 9.59 Å². The number of ketones is 1. The van der Waals surface area contributed by atoms with Gasteiger partial charge in [0, 0.05) is 11.1 Å². The molecule has 4 nitrogen and oxygen atoms in total. The number of rotatable bonds is 5. The first-order chi connectivity index (χ1) is 9.01. The highest BCUT2D eigenvalue weighted by Gasteiger charge is 2.13. The molecular formula is C14H14O4S. The lowest BCUT2D eigenvalue weighted by Crippen LogP contribution is -2.01. The molecule has 0 saturated carbocycles. The summed E-state index contributed by atoms with van der Waals surface area (Å²) in [6.07, 6.45) is -0.0896. The van der Waals surface area contributed by atoms with Gasteiger partial charge in [0.15, 0.2) is 5.78 Å². The minimum absolute atomic E-state index is 0.0400. The Kier molecular flexibility index (Phi) is 3.85. The summed E-state index contributed by atoms with van der Waals surface area (Å²) < 4.78 is 6.25. The first-order valence-electron chi connectivity index (χ1n) is 5.84. The fourth-order valence-electron chi connectivity index (χ4n) is 1.87. The van der Waals surface area contributed by atoms with E-state index < -0.39 is 5.97 Å². The van der Waals surface area contributed by atoms with Crippen molar-refractivity contribution < 1.29 is 19.4 Å². The fourth-order valence-corrected chi connectivity index (χ4v) is 2.98. The van der Waals surface area contributed by atoms with Gasteiger partial charge in [0.25, 0.3) is 0 Å². The lowest BCUT2D eigenvalue weighted by Gasteiger charge is -2.03. The lowest BCUT2D eigenvalue weighted by molar-refractivity contribution is -0.136. The molecule has 2 rings (SSSR count). The monoisotopic (exact) mass is 278 g/mol. The fraction of sp³-hybridized carbons (Fsp3) is 0.286. The molecule has 0 amide bonds. The second-order valence-corrected chi connectivity index (χ2v) is 5.37. The van der Waals surface area contributed by atoms with Gasteiger partial charge in [-0.05, 0) is 36.1 Å². The molecule has 0 aliphatic rings. The van der Waals surface area contributed by atoms with E-state index in [0.29, 0.717) is 4.88 Å². The summed E-state index contributed by atoms with van der Waals surface area (Å²) in [6.45, 7) is 1.95. The zero-order valence-electron chi connectivity index (χ0n) is 10.7. The van der Waals surface area contributed by atoms with Crippen LogP contribution in [0.5, 0.6) is 5.75 Å². The van der Waals surface area contributed by atoms with E-state index in [1.807, 2.05) is 19.1 Å². The number of ether oxygens (including phenoxy) is 1. The largest absolute Gasteiger partial charge is 0.496 e. The van der Waals surface area contributed by atoms with Gasteiger partial charge >= 0.3 is 5.97 Å². The smallest absolute Gasteiger partial charge is 0.303 e. The number of aliphatic carboxylic acids is 1. The number of thiophene rings is 1. The van der Waals surface area contributed by atoms with E-state index in [2.05, 4.69) is 0 Å². The zero-order valence-corrected chi connectivity index (χ0v) is 11.5. The first kappa shape index (κ1) is 13.5. The Balaban J connectivity index is 2.31. The van der Waals surface area contributed by atoms with Crippen LogP contribution in [0.1, 0.15) is 28.1 Å². The minimum Gasteiger partial charge on any atom is -0.496 e. The molecule has 0 aliphatic heterocycles. The van der Waals surface area contributed by atoms with Gasteiger partial charge in [-0.1, -0.05) is 0 Å². The Bertz CT molecular complexity index is 642. The Morgan fingerprint density at radius 1 is 1.26 bits per heavy atom. The van der Waals surface area contributed by atoms with Gasteiger partial charge in [0.05, 0.1) is 18.4 Å². The van der Waals surface area contributed by atoms with Crippen molar-refractivity contribution in [2.45, 2.75) is 19.8 Å². The number of hydrogen-bond donors (Lipinski definition) is 1. The molecule has 0 radical (unpaired) electrons. The second kappa shape index (κ2) is 5.40. The van der Waals surface area contributed by atoms with Crippen molar-refractivity contribution in [2.24, 2.45) is 0 Å². The highest BCUT2D eigenvalue weighted by atomic mass is 32.1. The standard InChI is InChI=1S/C14H14O4S/c1-8-5-12-9(6-11(8)18-2)7-13(19-12)10(15)3-4-14(16)17/h5-7H,3-4H2,1-2H3,(H,16,17). The number of carbonyl (C=O) groups is 2. The van der Waals surface area contributed by atoms with Crippen molar-refractivity contribution in [2.75, 3.05) is 7.11 Å². The molecule has 5 heteroatoms. The molecule has 1 N–H and O–H groups in total. The number of aryl methyl sites for hydroxylation is 1. The predicted octanol–water partition coefficient (Wildman–Crippen LogP) is 3.27. The van der Waals surface area contributed by atoms with Gasteiger partial charge in [-0.15, -0.1) is 11.3 Å². The summed E-state index contributed by atoms with van der Waals surface area (Å²) in [5, 5.41) is 9.54. The Labute approximate surface area is 114 Å². The molecule has 2 aromatic rings. The van der Waals surface area contributed by atoms with Crippen molar-refractivity contribution in [1.82, 2.24) is 0 Å². The SMILES string of the molecule is COc1cc2cc(C(=O)CCC(=O)O)sc2cc1C. The summed E-state index contributed by atoms with van der Waals surface area (Å²) in [5.74, 6) is -0.290. The number of Topliss-reactive ketones (excluding diaryl/α,β-unsaturated/α-hetero) is 1. The Hall–Kier alpha value is -1.88.